The molecule has 19 heavy (non-hydrogen) atoms. The van der Waals surface area contributed by atoms with E-state index in [0.717, 1.165) is 29.7 Å². The van der Waals surface area contributed by atoms with Gasteiger partial charge in [-0.2, -0.15) is 0 Å². The lowest BCUT2D eigenvalue weighted by atomic mass is 9.54. The Bertz CT molecular complexity index is 414. The monoisotopic (exact) mass is 256 g/mol. The van der Waals surface area contributed by atoms with Gasteiger partial charge in [-0.05, 0) is 74.8 Å². The summed E-state index contributed by atoms with van der Waals surface area (Å²) in [6.07, 6.45) is 9.39. The van der Waals surface area contributed by atoms with E-state index in [1.54, 1.807) is 0 Å². The van der Waals surface area contributed by atoms with Gasteiger partial charge in [-0.15, -0.1) is 0 Å². The summed E-state index contributed by atoms with van der Waals surface area (Å²) < 4.78 is 0. The summed E-state index contributed by atoms with van der Waals surface area (Å²) in [5, 5.41) is 3.92. The van der Waals surface area contributed by atoms with Crippen molar-refractivity contribution in [2.24, 2.45) is 23.7 Å². The zero-order chi connectivity index (χ0) is 12.8. The van der Waals surface area contributed by atoms with Gasteiger partial charge in [0.05, 0.1) is 5.69 Å². The van der Waals surface area contributed by atoms with Crippen LogP contribution in [-0.2, 0) is 0 Å². The fourth-order valence-corrected chi connectivity index (χ4v) is 5.20. The van der Waals surface area contributed by atoms with Gasteiger partial charge < -0.3 is 5.32 Å². The molecule has 0 radical (unpaired) electrons. The highest BCUT2D eigenvalue weighted by Gasteiger charge is 2.48. The molecular weight excluding hydrogens is 232 g/mol. The van der Waals surface area contributed by atoms with Crippen LogP contribution in [0.4, 0.5) is 0 Å². The Morgan fingerprint density at radius 3 is 2.32 bits per heavy atom. The van der Waals surface area contributed by atoms with Crippen molar-refractivity contribution < 1.29 is 0 Å². The standard InChI is InChI=1S/C17H24N2/c1-11(16-4-2-3-5-18-16)19-17-14-7-12-6-13(9-14)10-15(17)8-12/h2-5,11-15,17,19H,6-10H2,1H3/t11-,12?,13?,14?,15?,17?/m1/s1. The Kier molecular flexibility index (Phi) is 2.87. The van der Waals surface area contributed by atoms with Crippen LogP contribution in [0.3, 0.4) is 0 Å². The predicted molar refractivity (Wildman–Crippen MR) is 76.6 cm³/mol. The Morgan fingerprint density at radius 2 is 1.74 bits per heavy atom. The molecule has 4 aliphatic rings. The lowest BCUT2D eigenvalue weighted by Gasteiger charge is -2.55. The van der Waals surface area contributed by atoms with Crippen molar-refractivity contribution in [2.45, 2.75) is 51.1 Å². The maximum atomic E-state index is 4.50. The molecule has 0 aromatic carbocycles. The SMILES string of the molecule is C[C@@H](NC1C2CC3CC(C2)CC1C3)c1ccccn1. The van der Waals surface area contributed by atoms with Crippen molar-refractivity contribution in [2.75, 3.05) is 0 Å². The van der Waals surface area contributed by atoms with Gasteiger partial charge in [-0.25, -0.2) is 0 Å². The first-order chi connectivity index (χ1) is 9.29. The summed E-state index contributed by atoms with van der Waals surface area (Å²) in [6, 6.07) is 7.39. The maximum Gasteiger partial charge on any atom is 0.0570 e. The van der Waals surface area contributed by atoms with Crippen molar-refractivity contribution in [1.29, 1.82) is 0 Å². The molecule has 1 atom stereocenters. The van der Waals surface area contributed by atoms with Gasteiger partial charge in [-0.3, -0.25) is 4.98 Å². The van der Waals surface area contributed by atoms with Crippen molar-refractivity contribution in [3.8, 4) is 0 Å². The third-order valence-electron chi connectivity index (χ3n) is 5.80. The van der Waals surface area contributed by atoms with Gasteiger partial charge in [-0.1, -0.05) is 6.07 Å². The largest absolute Gasteiger partial charge is 0.306 e. The second kappa shape index (κ2) is 4.59. The van der Waals surface area contributed by atoms with E-state index in [9.17, 15) is 0 Å². The normalized spacial score (nSPS) is 41.4. The summed E-state index contributed by atoms with van der Waals surface area (Å²) in [7, 11) is 0. The number of hydrogen-bond donors (Lipinski definition) is 1. The molecule has 1 N–H and O–H groups in total. The number of nitrogens with zero attached hydrogens (tertiary/aromatic N) is 1. The van der Waals surface area contributed by atoms with Crippen LogP contribution in [0.1, 0.15) is 50.8 Å². The van der Waals surface area contributed by atoms with Crippen LogP contribution in [0.2, 0.25) is 0 Å². The summed E-state index contributed by atoms with van der Waals surface area (Å²) in [5.41, 5.74) is 1.19. The van der Waals surface area contributed by atoms with E-state index < -0.39 is 0 Å². The second-order valence-electron chi connectivity index (χ2n) is 7.10. The van der Waals surface area contributed by atoms with Crippen molar-refractivity contribution in [3.05, 3.63) is 30.1 Å². The van der Waals surface area contributed by atoms with E-state index in [1.807, 2.05) is 12.3 Å². The van der Waals surface area contributed by atoms with E-state index in [4.69, 9.17) is 0 Å². The Labute approximate surface area is 116 Å². The molecule has 4 saturated carbocycles. The number of nitrogens with one attached hydrogen (secondary N) is 1. The quantitative estimate of drug-likeness (QED) is 0.894. The Hall–Kier alpha value is -0.890. The predicted octanol–water partition coefficient (Wildman–Crippen LogP) is 3.56. The molecule has 4 aliphatic carbocycles. The number of aromatic nitrogens is 1. The van der Waals surface area contributed by atoms with Gasteiger partial charge in [0.25, 0.3) is 0 Å². The van der Waals surface area contributed by atoms with Crippen LogP contribution in [0.5, 0.6) is 0 Å². The number of rotatable bonds is 3. The molecule has 5 rings (SSSR count). The van der Waals surface area contributed by atoms with E-state index >= 15 is 0 Å². The van der Waals surface area contributed by atoms with E-state index in [2.05, 4.69) is 29.4 Å². The molecule has 1 heterocycles. The highest BCUT2D eigenvalue weighted by molar-refractivity contribution is 5.10. The molecule has 4 fully saturated rings. The minimum absolute atomic E-state index is 0.392. The van der Waals surface area contributed by atoms with Crippen LogP contribution in [0.25, 0.3) is 0 Å². The molecule has 4 bridgehead atoms. The van der Waals surface area contributed by atoms with Crippen molar-refractivity contribution in [3.63, 3.8) is 0 Å². The molecule has 1 aromatic heterocycles. The molecule has 0 unspecified atom stereocenters. The average molecular weight is 256 g/mol. The third kappa shape index (κ3) is 2.10. The van der Waals surface area contributed by atoms with Gasteiger partial charge in [0.2, 0.25) is 0 Å². The first kappa shape index (κ1) is 11.9. The minimum atomic E-state index is 0.392. The molecular formula is C17H24N2. The maximum absolute atomic E-state index is 4.50. The molecule has 0 aliphatic heterocycles. The molecule has 1 aromatic rings. The molecule has 2 heteroatoms. The van der Waals surface area contributed by atoms with Gasteiger partial charge in [0, 0.05) is 18.3 Å². The number of pyridine rings is 1. The first-order valence-corrected chi connectivity index (χ1v) is 7.96. The lowest BCUT2D eigenvalue weighted by Crippen LogP contribution is -2.54. The lowest BCUT2D eigenvalue weighted by molar-refractivity contribution is -0.0172. The fraction of sp³-hybridized carbons (Fsp3) is 0.706. The molecule has 0 spiro atoms. The first-order valence-electron chi connectivity index (χ1n) is 7.96. The summed E-state index contributed by atoms with van der Waals surface area (Å²) >= 11 is 0. The zero-order valence-electron chi connectivity index (χ0n) is 11.8. The number of hydrogen-bond acceptors (Lipinski definition) is 2. The summed E-state index contributed by atoms with van der Waals surface area (Å²) in [6.45, 7) is 2.27. The van der Waals surface area contributed by atoms with E-state index in [-0.39, 0.29) is 0 Å². The third-order valence-corrected chi connectivity index (χ3v) is 5.80. The fourth-order valence-electron chi connectivity index (χ4n) is 5.20. The summed E-state index contributed by atoms with van der Waals surface area (Å²) in [5.74, 6) is 4.02. The van der Waals surface area contributed by atoms with E-state index in [0.29, 0.717) is 6.04 Å². The summed E-state index contributed by atoms with van der Waals surface area (Å²) in [4.78, 5) is 4.50. The van der Waals surface area contributed by atoms with Crippen LogP contribution in [0.15, 0.2) is 24.4 Å². The smallest absolute Gasteiger partial charge is 0.0570 e. The van der Waals surface area contributed by atoms with Gasteiger partial charge >= 0.3 is 0 Å². The molecule has 2 nitrogen and oxygen atoms in total. The second-order valence-corrected chi connectivity index (χ2v) is 7.10. The minimum Gasteiger partial charge on any atom is -0.306 e. The molecule has 0 saturated heterocycles. The van der Waals surface area contributed by atoms with Crippen LogP contribution in [-0.4, -0.2) is 11.0 Å². The topological polar surface area (TPSA) is 24.9 Å². The van der Waals surface area contributed by atoms with Crippen LogP contribution >= 0.6 is 0 Å². The van der Waals surface area contributed by atoms with E-state index in [1.165, 1.54) is 37.8 Å². The van der Waals surface area contributed by atoms with Crippen LogP contribution < -0.4 is 5.32 Å². The van der Waals surface area contributed by atoms with Crippen molar-refractivity contribution >= 4 is 0 Å². The highest BCUT2D eigenvalue weighted by Crippen LogP contribution is 2.54. The Morgan fingerprint density at radius 1 is 1.05 bits per heavy atom. The van der Waals surface area contributed by atoms with Crippen molar-refractivity contribution in [1.82, 2.24) is 10.3 Å². The molecule has 102 valence electrons. The van der Waals surface area contributed by atoms with Crippen LogP contribution in [0, 0.1) is 23.7 Å². The zero-order valence-corrected chi connectivity index (χ0v) is 11.8. The van der Waals surface area contributed by atoms with Gasteiger partial charge in [0.15, 0.2) is 0 Å². The highest BCUT2D eigenvalue weighted by atomic mass is 15.0. The van der Waals surface area contributed by atoms with Gasteiger partial charge in [0.1, 0.15) is 0 Å². The average Bonchev–Trinajstić information content (AvgIpc) is 2.43. The molecule has 0 amide bonds. The Balaban J connectivity index is 1.48.